The number of benzene rings is 2. The summed E-state index contributed by atoms with van der Waals surface area (Å²) in [6, 6.07) is 12.9. The Bertz CT molecular complexity index is 1000. The molecule has 1 N–H and O–H groups in total. The van der Waals surface area contributed by atoms with Crippen molar-refractivity contribution in [3.05, 3.63) is 59.9 Å². The predicted octanol–water partition coefficient (Wildman–Crippen LogP) is 3.18. The normalized spacial score (nSPS) is 17.8. The van der Waals surface area contributed by atoms with E-state index >= 15 is 0 Å². The quantitative estimate of drug-likeness (QED) is 0.886. The second-order valence-electron chi connectivity index (χ2n) is 6.03. The first kappa shape index (κ1) is 17.4. The molecule has 8 heteroatoms. The highest BCUT2D eigenvalue weighted by molar-refractivity contribution is 8.14. The lowest BCUT2D eigenvalue weighted by molar-refractivity contribution is -0.124. The lowest BCUT2D eigenvalue weighted by atomic mass is 10.1. The molecule has 0 radical (unpaired) electrons. The van der Waals surface area contributed by atoms with E-state index in [0.717, 1.165) is 17.3 Å². The Hall–Kier alpha value is -3.00. The van der Waals surface area contributed by atoms with Crippen LogP contribution in [0, 0.1) is 5.82 Å². The van der Waals surface area contributed by atoms with Gasteiger partial charge in [-0.15, -0.1) is 0 Å². The summed E-state index contributed by atoms with van der Waals surface area (Å²) < 4.78 is 13.7. The second-order valence-corrected chi connectivity index (χ2v) is 6.97. The van der Waals surface area contributed by atoms with Gasteiger partial charge < -0.3 is 5.32 Å². The van der Waals surface area contributed by atoms with Gasteiger partial charge in [-0.25, -0.2) is 14.3 Å². The summed E-state index contributed by atoms with van der Waals surface area (Å²) in [5.41, 5.74) is 1.61. The molecule has 136 valence electrons. The molecule has 2 aromatic carbocycles. The number of rotatable bonds is 3. The smallest absolute Gasteiger partial charge is 0.258 e. The van der Waals surface area contributed by atoms with E-state index in [2.05, 4.69) is 15.3 Å². The van der Waals surface area contributed by atoms with Crippen LogP contribution in [0.5, 0.6) is 0 Å². The molecule has 1 atom stereocenters. The van der Waals surface area contributed by atoms with Crippen molar-refractivity contribution in [3.8, 4) is 0 Å². The van der Waals surface area contributed by atoms with Crippen LogP contribution in [0.2, 0.25) is 0 Å². The first-order valence-electron chi connectivity index (χ1n) is 8.31. The Kier molecular flexibility index (Phi) is 4.49. The summed E-state index contributed by atoms with van der Waals surface area (Å²) in [6.45, 7) is 1.73. The van der Waals surface area contributed by atoms with Gasteiger partial charge in [0.2, 0.25) is 5.91 Å². The summed E-state index contributed by atoms with van der Waals surface area (Å²) in [7, 11) is 0. The maximum absolute atomic E-state index is 13.7. The van der Waals surface area contributed by atoms with Gasteiger partial charge in [0.05, 0.1) is 17.1 Å². The molecule has 0 saturated carbocycles. The number of hydrogen-bond acceptors (Lipinski definition) is 5. The molecule has 0 bridgehead atoms. The minimum absolute atomic E-state index is 0.0131. The van der Waals surface area contributed by atoms with Crippen molar-refractivity contribution in [2.45, 2.75) is 13.0 Å². The van der Waals surface area contributed by atoms with Gasteiger partial charge in [0.15, 0.2) is 5.17 Å². The molecule has 0 aromatic heterocycles. The number of aliphatic imine (C=N–C) groups is 2. The van der Waals surface area contributed by atoms with E-state index in [1.165, 1.54) is 17.0 Å². The lowest BCUT2D eigenvalue weighted by Crippen LogP contribution is -2.41. The maximum Gasteiger partial charge on any atom is 0.258 e. The van der Waals surface area contributed by atoms with Crippen LogP contribution in [0.15, 0.2) is 58.5 Å². The molecule has 2 aromatic rings. The Morgan fingerprint density at radius 3 is 2.78 bits per heavy atom. The molecule has 4 rings (SSSR count). The van der Waals surface area contributed by atoms with Crippen LogP contribution >= 0.6 is 11.8 Å². The fourth-order valence-electron chi connectivity index (χ4n) is 2.85. The number of anilines is 1. The van der Waals surface area contributed by atoms with Gasteiger partial charge in [0.25, 0.3) is 5.91 Å². The predicted molar refractivity (Wildman–Crippen MR) is 104 cm³/mol. The number of nitrogens with zero attached hydrogens (tertiary/aromatic N) is 3. The van der Waals surface area contributed by atoms with Crippen molar-refractivity contribution in [2.24, 2.45) is 9.98 Å². The maximum atomic E-state index is 13.7. The van der Waals surface area contributed by atoms with Gasteiger partial charge in [-0.1, -0.05) is 36.0 Å². The highest BCUT2D eigenvalue weighted by Gasteiger charge is 2.39. The zero-order valence-electron chi connectivity index (χ0n) is 14.3. The van der Waals surface area contributed by atoms with Crippen molar-refractivity contribution in [2.75, 3.05) is 11.1 Å². The summed E-state index contributed by atoms with van der Waals surface area (Å²) in [5, 5.41) is 2.92. The van der Waals surface area contributed by atoms with E-state index in [0.29, 0.717) is 16.7 Å². The Morgan fingerprint density at radius 1 is 1.22 bits per heavy atom. The number of thioether (sulfide) groups is 1. The number of hydrogen-bond donors (Lipinski definition) is 1. The van der Waals surface area contributed by atoms with Gasteiger partial charge in [0.1, 0.15) is 17.7 Å². The molecule has 6 nitrogen and oxygen atoms in total. The largest absolute Gasteiger partial charge is 0.323 e. The molecular formula is C19H15FN4O2S. The summed E-state index contributed by atoms with van der Waals surface area (Å²) >= 11 is 1.12. The minimum atomic E-state index is -0.502. The number of carbonyl (C=O) groups excluding carboxylic acids is 2. The first-order valence-corrected chi connectivity index (χ1v) is 9.30. The highest BCUT2D eigenvalue weighted by Crippen LogP contribution is 2.33. The number of halogens is 1. The van der Waals surface area contributed by atoms with Crippen molar-refractivity contribution in [3.63, 3.8) is 0 Å². The van der Waals surface area contributed by atoms with E-state index in [-0.39, 0.29) is 23.3 Å². The van der Waals surface area contributed by atoms with Crippen LogP contribution in [0.3, 0.4) is 0 Å². The van der Waals surface area contributed by atoms with E-state index in [1.54, 1.807) is 19.1 Å². The number of carbonyl (C=O) groups is 2. The first-order chi connectivity index (χ1) is 13.0. The molecule has 0 spiro atoms. The van der Waals surface area contributed by atoms with E-state index in [9.17, 15) is 14.0 Å². The summed E-state index contributed by atoms with van der Waals surface area (Å²) in [6.07, 6.45) is 0. The molecule has 27 heavy (non-hydrogen) atoms. The third-order valence-electron chi connectivity index (χ3n) is 4.14. The lowest BCUT2D eigenvalue weighted by Gasteiger charge is -2.25. The number of amidine groups is 2. The molecule has 0 unspecified atom stereocenters. The number of amides is 2. The van der Waals surface area contributed by atoms with Gasteiger partial charge in [-0.05, 0) is 31.2 Å². The molecule has 2 heterocycles. The van der Waals surface area contributed by atoms with Gasteiger partial charge >= 0.3 is 0 Å². The standard InChI is InChI=1S/C19H15FN4O2S/c1-11-18(26)24-17(21-11)12-6-2-4-8-14(12)23-19(24)27-10-16(25)22-15-9-5-3-7-13(15)20/h2-9,11H,10H2,1H3,(H,22,25)/t11-/m0/s1. The van der Waals surface area contributed by atoms with Crippen LogP contribution in [-0.2, 0) is 9.59 Å². The molecule has 0 fully saturated rings. The van der Waals surface area contributed by atoms with Crippen LogP contribution in [0.1, 0.15) is 12.5 Å². The Morgan fingerprint density at radius 2 is 1.96 bits per heavy atom. The SMILES string of the molecule is C[C@@H]1N=C2c3ccccc3N=C(SCC(=O)Nc3ccccc3F)N2C1=O. The molecule has 2 aliphatic rings. The van der Waals surface area contributed by atoms with E-state index in [4.69, 9.17) is 0 Å². The average Bonchev–Trinajstić information content (AvgIpc) is 2.97. The topological polar surface area (TPSA) is 74.1 Å². The molecule has 0 aliphatic carbocycles. The second kappa shape index (κ2) is 6.96. The monoisotopic (exact) mass is 382 g/mol. The minimum Gasteiger partial charge on any atom is -0.323 e. The Balaban J connectivity index is 1.54. The molecule has 2 aliphatic heterocycles. The zero-order valence-corrected chi connectivity index (χ0v) is 15.2. The molecule has 2 amide bonds. The molecular weight excluding hydrogens is 367 g/mol. The Labute approximate surface area is 159 Å². The highest BCUT2D eigenvalue weighted by atomic mass is 32.2. The summed E-state index contributed by atoms with van der Waals surface area (Å²) in [5.74, 6) is -0.529. The van der Waals surface area contributed by atoms with Crippen molar-refractivity contribution < 1.29 is 14.0 Å². The van der Waals surface area contributed by atoms with Crippen LogP contribution < -0.4 is 5.32 Å². The van der Waals surface area contributed by atoms with Gasteiger partial charge in [-0.2, -0.15) is 0 Å². The third kappa shape index (κ3) is 3.23. The van der Waals surface area contributed by atoms with Crippen LogP contribution in [0.4, 0.5) is 15.8 Å². The van der Waals surface area contributed by atoms with Crippen molar-refractivity contribution in [1.29, 1.82) is 0 Å². The van der Waals surface area contributed by atoms with Gasteiger partial charge in [0, 0.05) is 5.56 Å². The fraction of sp³-hybridized carbons (Fsp3) is 0.158. The fourth-order valence-corrected chi connectivity index (χ4v) is 3.65. The van der Waals surface area contributed by atoms with Crippen LogP contribution in [-0.4, -0.2) is 39.5 Å². The zero-order chi connectivity index (χ0) is 19.0. The molecule has 0 saturated heterocycles. The van der Waals surface area contributed by atoms with Crippen molar-refractivity contribution >= 4 is 46.0 Å². The average molecular weight is 382 g/mol. The number of nitrogens with one attached hydrogen (secondary N) is 1. The third-order valence-corrected chi connectivity index (χ3v) is 5.08. The van der Waals surface area contributed by atoms with Gasteiger partial charge in [-0.3, -0.25) is 14.6 Å². The van der Waals surface area contributed by atoms with Crippen LogP contribution in [0.25, 0.3) is 0 Å². The number of fused-ring (bicyclic) bond motifs is 3. The van der Waals surface area contributed by atoms with Crippen molar-refractivity contribution in [1.82, 2.24) is 4.90 Å². The summed E-state index contributed by atoms with van der Waals surface area (Å²) in [4.78, 5) is 35.1. The number of para-hydroxylation sites is 2. The van der Waals surface area contributed by atoms with E-state index in [1.807, 2.05) is 24.3 Å². The van der Waals surface area contributed by atoms with E-state index < -0.39 is 11.9 Å².